The number of hydrogen-bond acceptors (Lipinski definition) is 2. The van der Waals surface area contributed by atoms with Crippen LogP contribution in [0.15, 0.2) is 60.8 Å². The first-order valence-corrected chi connectivity index (χ1v) is 9.49. The molecule has 0 saturated carbocycles. The Balaban J connectivity index is 1.50. The molecule has 128 valence electrons. The van der Waals surface area contributed by atoms with E-state index in [1.54, 1.807) is 0 Å². The maximum atomic E-state index is 3.78. The second kappa shape index (κ2) is 6.23. The van der Waals surface area contributed by atoms with Crippen LogP contribution < -0.4 is 10.2 Å². The largest absolute Gasteiger partial charge is 0.364 e. The van der Waals surface area contributed by atoms with Crippen LogP contribution in [0.5, 0.6) is 0 Å². The van der Waals surface area contributed by atoms with E-state index in [9.17, 15) is 0 Å². The molecule has 3 nitrogen and oxygen atoms in total. The summed E-state index contributed by atoms with van der Waals surface area (Å²) in [6.45, 7) is 0.987. The lowest BCUT2D eigenvalue weighted by molar-refractivity contribution is 0.346. The normalized spacial score (nSPS) is 25.4. The second-order valence-electron chi connectivity index (χ2n) is 7.63. The Hall–Kier alpha value is -2.26. The zero-order valence-electron chi connectivity index (χ0n) is 14.5. The monoisotopic (exact) mass is 331 g/mol. The number of benzene rings is 2. The molecule has 2 N–H and O–H groups in total. The van der Waals surface area contributed by atoms with Crippen LogP contribution in [0.3, 0.4) is 0 Å². The van der Waals surface area contributed by atoms with E-state index in [1.807, 2.05) is 6.20 Å². The minimum atomic E-state index is 0.621. The number of aromatic amines is 1. The third kappa shape index (κ3) is 2.93. The SMILES string of the molecule is c1ccc(CN(c2ccc3[nH]ccc3c2)C2CC3CCC(C2)N3)cc1. The highest BCUT2D eigenvalue weighted by atomic mass is 15.2. The van der Waals surface area contributed by atoms with E-state index in [-0.39, 0.29) is 0 Å². The molecule has 2 bridgehead atoms. The van der Waals surface area contributed by atoms with Gasteiger partial charge in [0.25, 0.3) is 0 Å². The summed E-state index contributed by atoms with van der Waals surface area (Å²) in [7, 11) is 0. The predicted molar refractivity (Wildman–Crippen MR) is 104 cm³/mol. The van der Waals surface area contributed by atoms with Crippen LogP contribution in [0.2, 0.25) is 0 Å². The Labute approximate surface area is 149 Å². The van der Waals surface area contributed by atoms with Crippen molar-refractivity contribution < 1.29 is 0 Å². The Morgan fingerprint density at radius 1 is 0.920 bits per heavy atom. The molecule has 1 aromatic heterocycles. The molecule has 2 aliphatic rings. The quantitative estimate of drug-likeness (QED) is 0.739. The number of H-pyrrole nitrogens is 1. The molecule has 2 fully saturated rings. The van der Waals surface area contributed by atoms with Gasteiger partial charge in [0.2, 0.25) is 0 Å². The number of aromatic nitrogens is 1. The van der Waals surface area contributed by atoms with Crippen molar-refractivity contribution in [3.63, 3.8) is 0 Å². The molecule has 2 atom stereocenters. The van der Waals surface area contributed by atoms with Crippen LogP contribution in [0.1, 0.15) is 31.2 Å². The van der Waals surface area contributed by atoms with Crippen LogP contribution in [0, 0.1) is 0 Å². The van der Waals surface area contributed by atoms with Gasteiger partial charge in [-0.05, 0) is 55.5 Å². The zero-order valence-corrected chi connectivity index (χ0v) is 14.5. The molecule has 3 heterocycles. The van der Waals surface area contributed by atoms with Gasteiger partial charge in [-0.1, -0.05) is 30.3 Å². The summed E-state index contributed by atoms with van der Waals surface area (Å²) >= 11 is 0. The van der Waals surface area contributed by atoms with E-state index in [1.165, 1.54) is 47.8 Å². The third-order valence-electron chi connectivity index (χ3n) is 5.95. The predicted octanol–water partition coefficient (Wildman–Crippen LogP) is 4.46. The second-order valence-corrected chi connectivity index (χ2v) is 7.63. The lowest BCUT2D eigenvalue weighted by Crippen LogP contribution is -2.48. The smallest absolute Gasteiger partial charge is 0.0455 e. The number of hydrogen-bond donors (Lipinski definition) is 2. The standard InChI is InChI=1S/C22H25N3/c1-2-4-16(5-3-1)15-25(21-13-18-6-7-19(14-21)24-18)20-8-9-22-17(12-20)10-11-23-22/h1-5,8-12,18-19,21,23-24H,6-7,13-15H2. The van der Waals surface area contributed by atoms with Crippen molar-refractivity contribution in [1.29, 1.82) is 0 Å². The summed E-state index contributed by atoms with van der Waals surface area (Å²) in [5.74, 6) is 0. The van der Waals surface area contributed by atoms with Crippen molar-refractivity contribution in [3.05, 3.63) is 66.4 Å². The maximum absolute atomic E-state index is 3.78. The number of piperidine rings is 1. The molecule has 2 aromatic carbocycles. The Kier molecular flexibility index (Phi) is 3.75. The number of rotatable bonds is 4. The van der Waals surface area contributed by atoms with Gasteiger partial charge in [-0.15, -0.1) is 0 Å². The van der Waals surface area contributed by atoms with Crippen molar-refractivity contribution in [2.45, 2.75) is 50.4 Å². The van der Waals surface area contributed by atoms with Crippen LogP contribution in [-0.4, -0.2) is 23.1 Å². The van der Waals surface area contributed by atoms with E-state index in [0.29, 0.717) is 18.1 Å². The highest BCUT2D eigenvalue weighted by molar-refractivity contribution is 5.83. The fraction of sp³-hybridized carbons (Fsp3) is 0.364. The Bertz CT molecular complexity index is 842. The van der Waals surface area contributed by atoms with E-state index in [0.717, 1.165) is 6.54 Å². The first kappa shape index (κ1) is 15.0. The van der Waals surface area contributed by atoms with Crippen molar-refractivity contribution in [2.75, 3.05) is 4.90 Å². The molecule has 2 saturated heterocycles. The Morgan fingerprint density at radius 2 is 1.72 bits per heavy atom. The van der Waals surface area contributed by atoms with Crippen LogP contribution in [0.25, 0.3) is 10.9 Å². The molecule has 25 heavy (non-hydrogen) atoms. The van der Waals surface area contributed by atoms with Crippen LogP contribution >= 0.6 is 0 Å². The van der Waals surface area contributed by atoms with Crippen molar-refractivity contribution >= 4 is 16.6 Å². The maximum Gasteiger partial charge on any atom is 0.0455 e. The topological polar surface area (TPSA) is 31.1 Å². The minimum absolute atomic E-state index is 0.621. The summed E-state index contributed by atoms with van der Waals surface area (Å²) in [5.41, 5.74) is 3.96. The average molecular weight is 331 g/mol. The summed E-state index contributed by atoms with van der Waals surface area (Å²) in [5, 5.41) is 5.08. The Morgan fingerprint density at radius 3 is 2.52 bits per heavy atom. The fourth-order valence-electron chi connectivity index (χ4n) is 4.71. The molecule has 0 amide bonds. The first-order valence-electron chi connectivity index (χ1n) is 9.49. The lowest BCUT2D eigenvalue weighted by atomic mass is 9.96. The van der Waals surface area contributed by atoms with Gasteiger partial charge >= 0.3 is 0 Å². The average Bonchev–Trinajstić information content (AvgIpc) is 3.25. The zero-order chi connectivity index (χ0) is 16.6. The molecule has 3 aromatic rings. The third-order valence-corrected chi connectivity index (χ3v) is 5.95. The molecule has 0 aliphatic carbocycles. The fourth-order valence-corrected chi connectivity index (χ4v) is 4.71. The highest BCUT2D eigenvalue weighted by Gasteiger charge is 2.36. The van der Waals surface area contributed by atoms with Gasteiger partial charge in [0.05, 0.1) is 0 Å². The van der Waals surface area contributed by atoms with E-state index in [4.69, 9.17) is 0 Å². The molecular weight excluding hydrogens is 306 g/mol. The molecule has 0 spiro atoms. The molecule has 2 unspecified atom stereocenters. The van der Waals surface area contributed by atoms with Crippen molar-refractivity contribution in [1.82, 2.24) is 10.3 Å². The molecular formula is C22H25N3. The van der Waals surface area contributed by atoms with Gasteiger partial charge < -0.3 is 15.2 Å². The number of fused-ring (bicyclic) bond motifs is 3. The van der Waals surface area contributed by atoms with Crippen LogP contribution in [0.4, 0.5) is 5.69 Å². The van der Waals surface area contributed by atoms with E-state index >= 15 is 0 Å². The number of nitrogens with one attached hydrogen (secondary N) is 2. The van der Waals surface area contributed by atoms with Gasteiger partial charge in [0.1, 0.15) is 0 Å². The number of nitrogens with zero attached hydrogens (tertiary/aromatic N) is 1. The molecule has 3 heteroatoms. The van der Waals surface area contributed by atoms with Gasteiger partial charge in [-0.25, -0.2) is 0 Å². The van der Waals surface area contributed by atoms with Gasteiger partial charge in [0.15, 0.2) is 0 Å². The molecule has 5 rings (SSSR count). The van der Waals surface area contributed by atoms with E-state index < -0.39 is 0 Å². The van der Waals surface area contributed by atoms with Crippen LogP contribution in [-0.2, 0) is 6.54 Å². The van der Waals surface area contributed by atoms with Gasteiger partial charge in [-0.2, -0.15) is 0 Å². The molecule has 0 radical (unpaired) electrons. The van der Waals surface area contributed by atoms with Crippen molar-refractivity contribution in [3.8, 4) is 0 Å². The van der Waals surface area contributed by atoms with Gasteiger partial charge in [-0.3, -0.25) is 0 Å². The molecule has 2 aliphatic heterocycles. The highest BCUT2D eigenvalue weighted by Crippen LogP contribution is 2.34. The summed E-state index contributed by atoms with van der Waals surface area (Å²) in [4.78, 5) is 5.96. The van der Waals surface area contributed by atoms with Crippen molar-refractivity contribution in [2.24, 2.45) is 0 Å². The summed E-state index contributed by atoms with van der Waals surface area (Å²) in [6.07, 6.45) is 7.23. The minimum Gasteiger partial charge on any atom is -0.364 e. The summed E-state index contributed by atoms with van der Waals surface area (Å²) < 4.78 is 0. The first-order chi connectivity index (χ1) is 12.3. The summed E-state index contributed by atoms with van der Waals surface area (Å²) in [6, 6.07) is 21.9. The van der Waals surface area contributed by atoms with E-state index in [2.05, 4.69) is 69.8 Å². The van der Waals surface area contributed by atoms with Gasteiger partial charge in [0, 0.05) is 47.5 Å². The number of anilines is 1. The lowest BCUT2D eigenvalue weighted by Gasteiger charge is -2.39.